The first-order valence-electron chi connectivity index (χ1n) is 10.0. The maximum absolute atomic E-state index is 13.2. The number of rotatable bonds is 5. The largest absolute Gasteiger partial charge is 0.573 e. The Morgan fingerprint density at radius 2 is 1.86 bits per heavy atom. The third-order valence-corrected chi connectivity index (χ3v) is 5.53. The Kier molecular flexibility index (Phi) is 6.40. The van der Waals surface area contributed by atoms with Crippen molar-refractivity contribution in [1.82, 2.24) is 4.98 Å². The summed E-state index contributed by atoms with van der Waals surface area (Å²) < 4.78 is 47.4. The Bertz CT molecular complexity index is 1330. The molecule has 0 saturated carbocycles. The second kappa shape index (κ2) is 9.30. The summed E-state index contributed by atoms with van der Waals surface area (Å²) in [5, 5.41) is 11.2. The molecule has 4 rings (SSSR count). The normalized spacial score (nSPS) is 17.5. The Balaban J connectivity index is 1.92. The van der Waals surface area contributed by atoms with E-state index < -0.39 is 35.6 Å². The van der Waals surface area contributed by atoms with Crippen molar-refractivity contribution in [3.05, 3.63) is 88.7 Å². The molecule has 11 heteroatoms. The fourth-order valence-corrected chi connectivity index (χ4v) is 3.95. The average Bonchev–Trinajstić information content (AvgIpc) is 3.09. The van der Waals surface area contributed by atoms with Crippen LogP contribution in [0, 0.1) is 0 Å². The van der Waals surface area contributed by atoms with Crippen LogP contribution in [0.5, 0.6) is 11.5 Å². The Labute approximate surface area is 202 Å². The van der Waals surface area contributed by atoms with Crippen molar-refractivity contribution in [1.29, 1.82) is 0 Å². The van der Waals surface area contributed by atoms with Crippen LogP contribution in [0.3, 0.4) is 0 Å². The van der Waals surface area contributed by atoms with Crippen LogP contribution < -0.4 is 14.4 Å². The number of benzene rings is 2. The highest BCUT2D eigenvalue weighted by Gasteiger charge is 2.47. The fraction of sp³-hybridized carbons (Fsp3) is 0.125. The molecule has 1 unspecified atom stereocenters. The lowest BCUT2D eigenvalue weighted by Gasteiger charge is -2.25. The number of nitrogens with zero attached hydrogens (tertiary/aromatic N) is 2. The lowest BCUT2D eigenvalue weighted by molar-refractivity contribution is -0.274. The summed E-state index contributed by atoms with van der Waals surface area (Å²) in [7, 11) is 1.40. The summed E-state index contributed by atoms with van der Waals surface area (Å²) in [5.74, 6) is -2.95. The lowest BCUT2D eigenvalue weighted by atomic mass is 9.96. The molecule has 1 fully saturated rings. The van der Waals surface area contributed by atoms with Crippen LogP contribution in [0.2, 0.25) is 5.02 Å². The molecule has 1 amide bonds. The van der Waals surface area contributed by atoms with Gasteiger partial charge in [0.25, 0.3) is 11.7 Å². The number of halogens is 4. The molecule has 180 valence electrons. The lowest BCUT2D eigenvalue weighted by Crippen LogP contribution is -2.29. The zero-order valence-electron chi connectivity index (χ0n) is 17.9. The van der Waals surface area contributed by atoms with Crippen molar-refractivity contribution in [2.24, 2.45) is 0 Å². The number of Topliss-reactive ketones (excluding diaryl/α,β-unsaturated/α-hetero) is 1. The van der Waals surface area contributed by atoms with Crippen molar-refractivity contribution < 1.29 is 37.3 Å². The van der Waals surface area contributed by atoms with Gasteiger partial charge in [0.05, 0.1) is 23.7 Å². The van der Waals surface area contributed by atoms with Gasteiger partial charge in [-0.1, -0.05) is 23.7 Å². The van der Waals surface area contributed by atoms with E-state index in [0.29, 0.717) is 11.3 Å². The molecular formula is C24H16ClF3N2O5. The molecule has 1 saturated heterocycles. The summed E-state index contributed by atoms with van der Waals surface area (Å²) in [6.45, 7) is 0. The highest BCUT2D eigenvalue weighted by atomic mass is 35.5. The highest BCUT2D eigenvalue weighted by molar-refractivity contribution is 6.52. The van der Waals surface area contributed by atoms with E-state index in [1.807, 2.05) is 0 Å². The SMILES string of the molecule is COc1ccc(Cl)c(/C(O)=C2\C(=O)C(=O)N(c3cccc(OC(F)(F)F)c3)C2c2cccnc2)c1. The van der Waals surface area contributed by atoms with Gasteiger partial charge in [-0.25, -0.2) is 0 Å². The van der Waals surface area contributed by atoms with E-state index in [-0.39, 0.29) is 21.8 Å². The number of hydrogen-bond acceptors (Lipinski definition) is 6. The number of ether oxygens (including phenoxy) is 2. The van der Waals surface area contributed by atoms with Gasteiger partial charge in [-0.3, -0.25) is 19.5 Å². The molecule has 1 aliphatic rings. The van der Waals surface area contributed by atoms with Crippen molar-refractivity contribution in [3.63, 3.8) is 0 Å². The van der Waals surface area contributed by atoms with Crippen molar-refractivity contribution in [2.45, 2.75) is 12.4 Å². The van der Waals surface area contributed by atoms with Crippen LogP contribution in [0.15, 0.2) is 72.6 Å². The summed E-state index contributed by atoms with van der Waals surface area (Å²) >= 11 is 6.25. The predicted molar refractivity (Wildman–Crippen MR) is 120 cm³/mol. The van der Waals surface area contributed by atoms with Crippen LogP contribution in [0.25, 0.3) is 5.76 Å². The second-order valence-corrected chi connectivity index (χ2v) is 7.75. The second-order valence-electron chi connectivity index (χ2n) is 7.35. The van der Waals surface area contributed by atoms with E-state index in [1.165, 1.54) is 43.8 Å². The number of hydrogen-bond donors (Lipinski definition) is 1. The predicted octanol–water partition coefficient (Wildman–Crippen LogP) is 5.27. The minimum absolute atomic E-state index is 0.0343. The standard InChI is InChI=1S/C24H16ClF3N2O5/c1-34-15-7-8-18(25)17(11-15)21(31)19-20(13-4-3-9-29-12-13)30(23(33)22(19)32)14-5-2-6-16(10-14)35-24(26,27)28/h2-12,20,31H,1H3/b21-19+. The highest BCUT2D eigenvalue weighted by Crippen LogP contribution is 2.44. The van der Waals surface area contributed by atoms with E-state index in [9.17, 15) is 27.9 Å². The van der Waals surface area contributed by atoms with Gasteiger partial charge in [0, 0.05) is 29.7 Å². The van der Waals surface area contributed by atoms with Gasteiger partial charge < -0.3 is 14.6 Å². The molecule has 1 aromatic heterocycles. The zero-order valence-corrected chi connectivity index (χ0v) is 18.7. The number of anilines is 1. The average molecular weight is 505 g/mol. The van der Waals surface area contributed by atoms with E-state index in [1.54, 1.807) is 18.2 Å². The quantitative estimate of drug-likeness (QED) is 0.289. The molecule has 2 heterocycles. The van der Waals surface area contributed by atoms with Crippen LogP contribution in [0.1, 0.15) is 17.2 Å². The van der Waals surface area contributed by atoms with Crippen molar-refractivity contribution in [3.8, 4) is 11.5 Å². The van der Waals surface area contributed by atoms with E-state index in [2.05, 4.69) is 9.72 Å². The maximum atomic E-state index is 13.2. The molecule has 1 aliphatic heterocycles. The van der Waals surface area contributed by atoms with Crippen LogP contribution in [0.4, 0.5) is 18.9 Å². The van der Waals surface area contributed by atoms with Crippen LogP contribution >= 0.6 is 11.6 Å². The Morgan fingerprint density at radius 1 is 1.09 bits per heavy atom. The minimum Gasteiger partial charge on any atom is -0.507 e. The summed E-state index contributed by atoms with van der Waals surface area (Å²) in [6, 6.07) is 10.9. The fourth-order valence-electron chi connectivity index (χ4n) is 3.74. The third-order valence-electron chi connectivity index (χ3n) is 5.20. The van der Waals surface area contributed by atoms with Gasteiger partial charge in [-0.15, -0.1) is 13.2 Å². The number of carbonyl (C=O) groups is 2. The van der Waals surface area contributed by atoms with Crippen LogP contribution in [-0.4, -0.2) is 35.3 Å². The van der Waals surface area contributed by atoms with Gasteiger partial charge in [-0.05, 0) is 42.0 Å². The van der Waals surface area contributed by atoms with Gasteiger partial charge in [0.1, 0.15) is 17.3 Å². The van der Waals surface area contributed by atoms with Gasteiger partial charge in [0.2, 0.25) is 0 Å². The van der Waals surface area contributed by atoms with E-state index >= 15 is 0 Å². The molecule has 0 bridgehead atoms. The Morgan fingerprint density at radius 3 is 2.51 bits per heavy atom. The third kappa shape index (κ3) is 4.78. The topological polar surface area (TPSA) is 89.0 Å². The van der Waals surface area contributed by atoms with Crippen molar-refractivity contribution in [2.75, 3.05) is 12.0 Å². The number of alkyl halides is 3. The number of methoxy groups -OCH3 is 1. The molecule has 1 N–H and O–H groups in total. The first-order chi connectivity index (χ1) is 16.6. The number of pyridine rings is 1. The number of carbonyl (C=O) groups excluding carboxylic acids is 2. The first-order valence-corrected chi connectivity index (χ1v) is 10.4. The van der Waals surface area contributed by atoms with Gasteiger partial charge >= 0.3 is 6.36 Å². The Hall–Kier alpha value is -4.05. The minimum atomic E-state index is -4.96. The molecule has 35 heavy (non-hydrogen) atoms. The first kappa shape index (κ1) is 24.1. The smallest absolute Gasteiger partial charge is 0.507 e. The van der Waals surface area contributed by atoms with Crippen molar-refractivity contribution >= 4 is 34.7 Å². The van der Waals surface area contributed by atoms with E-state index in [0.717, 1.165) is 17.0 Å². The number of amides is 1. The molecule has 7 nitrogen and oxygen atoms in total. The number of aliphatic hydroxyl groups excluding tert-OH is 1. The zero-order chi connectivity index (χ0) is 25.3. The maximum Gasteiger partial charge on any atom is 0.573 e. The molecule has 3 aromatic rings. The molecule has 1 atom stereocenters. The number of aliphatic hydroxyl groups is 1. The summed E-state index contributed by atoms with van der Waals surface area (Å²) in [6.07, 6.45) is -2.12. The monoisotopic (exact) mass is 504 g/mol. The van der Waals surface area contributed by atoms with Crippen LogP contribution in [-0.2, 0) is 9.59 Å². The number of aromatic nitrogens is 1. The van der Waals surface area contributed by atoms with Gasteiger partial charge in [0.15, 0.2) is 0 Å². The molecule has 2 aromatic carbocycles. The molecular weight excluding hydrogens is 489 g/mol. The summed E-state index contributed by atoms with van der Waals surface area (Å²) in [5.41, 5.74) is -0.0136. The van der Waals surface area contributed by atoms with E-state index in [4.69, 9.17) is 16.3 Å². The molecule has 0 radical (unpaired) electrons. The molecule has 0 aliphatic carbocycles. The number of ketones is 1. The van der Waals surface area contributed by atoms with Gasteiger partial charge in [-0.2, -0.15) is 0 Å². The molecule has 0 spiro atoms. The summed E-state index contributed by atoms with van der Waals surface area (Å²) in [4.78, 5) is 31.3.